The van der Waals surface area contributed by atoms with Gasteiger partial charge in [0.05, 0.1) is 5.52 Å². The lowest BCUT2D eigenvalue weighted by Crippen LogP contribution is -2.10. The van der Waals surface area contributed by atoms with Gasteiger partial charge >= 0.3 is 0 Å². The fourth-order valence-corrected chi connectivity index (χ4v) is 2.87. The second-order valence-corrected chi connectivity index (χ2v) is 5.77. The van der Waals surface area contributed by atoms with Crippen LogP contribution in [-0.2, 0) is 20.1 Å². The van der Waals surface area contributed by atoms with Crippen LogP contribution >= 0.6 is 0 Å². The van der Waals surface area contributed by atoms with Crippen LogP contribution in [0.1, 0.15) is 11.1 Å². The Morgan fingerprint density at radius 2 is 1.83 bits per heavy atom. The van der Waals surface area contributed by atoms with Gasteiger partial charge in [0.25, 0.3) is 0 Å². The van der Waals surface area contributed by atoms with E-state index in [0.717, 1.165) is 29.4 Å². The van der Waals surface area contributed by atoms with E-state index in [-0.39, 0.29) is 18.2 Å². The highest BCUT2D eigenvalue weighted by Crippen LogP contribution is 2.33. The Labute approximate surface area is 139 Å². The van der Waals surface area contributed by atoms with Crippen molar-refractivity contribution in [2.24, 2.45) is 7.05 Å². The van der Waals surface area contributed by atoms with Crippen molar-refractivity contribution in [3.05, 3.63) is 65.4 Å². The van der Waals surface area contributed by atoms with Crippen molar-refractivity contribution < 1.29 is 13.5 Å². The molecule has 3 aromatic rings. The molecule has 0 saturated heterocycles. The molecule has 0 unspecified atom stereocenters. The number of benzene rings is 2. The maximum Gasteiger partial charge on any atom is 0.165 e. The van der Waals surface area contributed by atoms with E-state index in [2.05, 4.69) is 5.32 Å². The third kappa shape index (κ3) is 3.12. The van der Waals surface area contributed by atoms with Gasteiger partial charge in [0, 0.05) is 24.2 Å². The summed E-state index contributed by atoms with van der Waals surface area (Å²) >= 11 is 0. The zero-order valence-electron chi connectivity index (χ0n) is 13.8. The minimum Gasteiger partial charge on any atom is -0.485 e. The first-order chi connectivity index (χ1) is 11.6. The normalized spacial score (nSPS) is 11.2. The zero-order chi connectivity index (χ0) is 17.1. The molecule has 24 heavy (non-hydrogen) atoms. The number of fused-ring (bicyclic) bond motifs is 1. The smallest absolute Gasteiger partial charge is 0.165 e. The van der Waals surface area contributed by atoms with Gasteiger partial charge in [0.2, 0.25) is 0 Å². The van der Waals surface area contributed by atoms with E-state index in [1.54, 1.807) is 24.3 Å². The van der Waals surface area contributed by atoms with E-state index in [0.29, 0.717) is 5.56 Å². The van der Waals surface area contributed by atoms with Crippen LogP contribution in [0.5, 0.6) is 5.75 Å². The van der Waals surface area contributed by atoms with E-state index in [9.17, 15) is 8.78 Å². The molecule has 1 heterocycles. The van der Waals surface area contributed by atoms with Gasteiger partial charge in [-0.05, 0) is 43.8 Å². The molecular weight excluding hydrogens is 310 g/mol. The number of ether oxygens (including phenoxy) is 1. The Hall–Kier alpha value is -2.40. The van der Waals surface area contributed by atoms with Crippen LogP contribution < -0.4 is 10.1 Å². The molecule has 3 rings (SSSR count). The lowest BCUT2D eigenvalue weighted by Gasteiger charge is -2.11. The molecule has 0 saturated carbocycles. The number of halogens is 2. The molecule has 0 spiro atoms. The van der Waals surface area contributed by atoms with Crippen LogP contribution in [0.2, 0.25) is 0 Å². The number of likely N-dealkylation sites (N-methyl/N-ethyl adjacent to an activating group) is 1. The molecule has 1 N–H and O–H groups in total. The first kappa shape index (κ1) is 16.5. The fraction of sp³-hybridized carbons (Fsp3) is 0.263. The topological polar surface area (TPSA) is 26.2 Å². The van der Waals surface area contributed by atoms with Gasteiger partial charge < -0.3 is 14.6 Å². The molecule has 0 atom stereocenters. The van der Waals surface area contributed by atoms with Crippen molar-refractivity contribution in [2.75, 3.05) is 13.6 Å². The summed E-state index contributed by atoms with van der Waals surface area (Å²) in [6, 6.07) is 9.49. The minimum absolute atomic E-state index is 0.0108. The second kappa shape index (κ2) is 7.01. The lowest BCUT2D eigenvalue weighted by atomic mass is 10.1. The molecule has 0 aliphatic carbocycles. The Balaban J connectivity index is 1.99. The Morgan fingerprint density at radius 1 is 1.04 bits per heavy atom. The molecule has 1 aromatic heterocycles. The van der Waals surface area contributed by atoms with Crippen molar-refractivity contribution in [3.8, 4) is 5.75 Å². The monoisotopic (exact) mass is 330 g/mol. The van der Waals surface area contributed by atoms with Gasteiger partial charge in [-0.15, -0.1) is 0 Å². The average molecular weight is 330 g/mol. The van der Waals surface area contributed by atoms with Gasteiger partial charge in [-0.3, -0.25) is 0 Å². The van der Waals surface area contributed by atoms with Crippen LogP contribution in [0.15, 0.2) is 42.6 Å². The van der Waals surface area contributed by atoms with E-state index >= 15 is 0 Å². The lowest BCUT2D eigenvalue weighted by molar-refractivity contribution is 0.288. The number of rotatable bonds is 6. The summed E-state index contributed by atoms with van der Waals surface area (Å²) in [5.41, 5.74) is 2.30. The summed E-state index contributed by atoms with van der Waals surface area (Å²) in [7, 11) is 3.80. The minimum atomic E-state index is -0.434. The maximum absolute atomic E-state index is 14.4. The number of aromatic nitrogens is 1. The van der Waals surface area contributed by atoms with E-state index in [1.807, 2.05) is 24.9 Å². The van der Waals surface area contributed by atoms with Crippen LogP contribution in [-0.4, -0.2) is 18.2 Å². The largest absolute Gasteiger partial charge is 0.485 e. The highest BCUT2D eigenvalue weighted by atomic mass is 19.1. The molecule has 5 heteroatoms. The molecular formula is C19H20F2N2O. The van der Waals surface area contributed by atoms with Crippen molar-refractivity contribution in [3.63, 3.8) is 0 Å². The molecule has 0 aliphatic rings. The van der Waals surface area contributed by atoms with Crippen molar-refractivity contribution in [1.82, 2.24) is 9.88 Å². The van der Waals surface area contributed by atoms with Gasteiger partial charge in [-0.25, -0.2) is 8.78 Å². The highest BCUT2D eigenvalue weighted by molar-refractivity contribution is 5.90. The quantitative estimate of drug-likeness (QED) is 0.744. The summed E-state index contributed by atoms with van der Waals surface area (Å²) in [4.78, 5) is 0. The number of hydrogen-bond acceptors (Lipinski definition) is 2. The third-order valence-corrected chi connectivity index (χ3v) is 4.11. The van der Waals surface area contributed by atoms with Crippen LogP contribution in [0, 0.1) is 11.6 Å². The maximum atomic E-state index is 14.4. The van der Waals surface area contributed by atoms with Crippen molar-refractivity contribution in [1.29, 1.82) is 0 Å². The van der Waals surface area contributed by atoms with Crippen molar-refractivity contribution in [2.45, 2.75) is 13.0 Å². The van der Waals surface area contributed by atoms with Crippen LogP contribution in [0.3, 0.4) is 0 Å². The first-order valence-electron chi connectivity index (χ1n) is 7.89. The van der Waals surface area contributed by atoms with Gasteiger partial charge in [0.15, 0.2) is 11.6 Å². The molecule has 2 aromatic carbocycles. The Morgan fingerprint density at radius 3 is 2.58 bits per heavy atom. The zero-order valence-corrected chi connectivity index (χ0v) is 13.8. The molecule has 0 aliphatic heterocycles. The van der Waals surface area contributed by atoms with E-state index < -0.39 is 5.82 Å². The Bertz CT molecular complexity index is 858. The molecule has 0 radical (unpaired) electrons. The predicted molar refractivity (Wildman–Crippen MR) is 91.2 cm³/mol. The van der Waals surface area contributed by atoms with Gasteiger partial charge in [-0.1, -0.05) is 18.2 Å². The van der Waals surface area contributed by atoms with E-state index in [1.165, 1.54) is 12.1 Å². The first-order valence-corrected chi connectivity index (χ1v) is 7.89. The summed E-state index contributed by atoms with van der Waals surface area (Å²) in [5, 5.41) is 3.85. The van der Waals surface area contributed by atoms with Crippen LogP contribution in [0.25, 0.3) is 10.9 Å². The third-order valence-electron chi connectivity index (χ3n) is 4.11. The van der Waals surface area contributed by atoms with Crippen molar-refractivity contribution >= 4 is 10.9 Å². The molecule has 3 nitrogen and oxygen atoms in total. The SMILES string of the molecule is CNCCc1cn(C)c2ccc(F)c(OCc3ccccc3F)c12. The summed E-state index contributed by atoms with van der Waals surface area (Å²) < 4.78 is 35.8. The summed E-state index contributed by atoms with van der Waals surface area (Å²) in [6.07, 6.45) is 2.74. The van der Waals surface area contributed by atoms with Gasteiger partial charge in [-0.2, -0.15) is 0 Å². The predicted octanol–water partition coefficient (Wildman–Crippen LogP) is 3.80. The molecule has 0 fully saturated rings. The fourth-order valence-electron chi connectivity index (χ4n) is 2.87. The number of nitrogens with one attached hydrogen (secondary N) is 1. The number of aryl methyl sites for hydroxylation is 1. The number of nitrogens with zero attached hydrogens (tertiary/aromatic N) is 1. The van der Waals surface area contributed by atoms with Gasteiger partial charge in [0.1, 0.15) is 12.4 Å². The molecule has 0 amide bonds. The molecule has 0 bridgehead atoms. The van der Waals surface area contributed by atoms with Crippen LogP contribution in [0.4, 0.5) is 8.78 Å². The second-order valence-electron chi connectivity index (χ2n) is 5.77. The highest BCUT2D eigenvalue weighted by Gasteiger charge is 2.16. The Kier molecular flexibility index (Phi) is 4.81. The molecule has 126 valence electrons. The average Bonchev–Trinajstić information content (AvgIpc) is 2.89. The number of hydrogen-bond donors (Lipinski definition) is 1. The summed E-state index contributed by atoms with van der Waals surface area (Å²) in [6.45, 7) is 0.769. The van der Waals surface area contributed by atoms with E-state index in [4.69, 9.17) is 4.74 Å². The standard InChI is InChI=1S/C19H20F2N2O/c1-22-10-9-13-11-23(2)17-8-7-16(21)19(18(13)17)24-12-14-5-3-4-6-15(14)20/h3-8,11,22H,9-10,12H2,1-2H3. The summed E-state index contributed by atoms with van der Waals surface area (Å²) in [5.74, 6) is -0.605.